The van der Waals surface area contributed by atoms with Gasteiger partial charge in [-0.1, -0.05) is 6.92 Å². The first-order valence-corrected chi connectivity index (χ1v) is 5.71. The molecule has 1 heterocycles. The molecule has 0 spiro atoms. The number of nitrogens with zero attached hydrogens (tertiary/aromatic N) is 1. The predicted octanol–water partition coefficient (Wildman–Crippen LogP) is 0.901. The van der Waals surface area contributed by atoms with E-state index in [0.717, 1.165) is 12.8 Å². The van der Waals surface area contributed by atoms with Gasteiger partial charge in [-0.3, -0.25) is 4.79 Å². The highest BCUT2D eigenvalue weighted by atomic mass is 16.4. The number of hydrogen-bond donors (Lipinski definition) is 2. The summed E-state index contributed by atoms with van der Waals surface area (Å²) in [6.45, 7) is 4.77. The number of carboxylic acids is 1. The average Bonchev–Trinajstić information content (AvgIpc) is 2.76. The quantitative estimate of drug-likeness (QED) is 0.735. The second-order valence-electron chi connectivity index (χ2n) is 5.32. The van der Waals surface area contributed by atoms with Gasteiger partial charge in [0.15, 0.2) is 0 Å². The molecule has 0 unspecified atom stereocenters. The monoisotopic (exact) mass is 226 g/mol. The molecule has 2 amide bonds. The van der Waals surface area contributed by atoms with E-state index >= 15 is 0 Å². The fourth-order valence-electron chi connectivity index (χ4n) is 2.10. The first-order chi connectivity index (χ1) is 7.41. The van der Waals surface area contributed by atoms with Crippen molar-refractivity contribution in [3.63, 3.8) is 0 Å². The van der Waals surface area contributed by atoms with Gasteiger partial charge in [0, 0.05) is 18.6 Å². The zero-order valence-corrected chi connectivity index (χ0v) is 9.69. The Balaban J connectivity index is 1.92. The lowest BCUT2D eigenvalue weighted by molar-refractivity contribution is -0.142. The number of carboxylic acid groups (broad SMARTS) is 1. The minimum absolute atomic E-state index is 0.0373. The zero-order valence-electron chi connectivity index (χ0n) is 9.69. The molecular weight excluding hydrogens is 208 g/mol. The van der Waals surface area contributed by atoms with Crippen molar-refractivity contribution < 1.29 is 14.7 Å². The van der Waals surface area contributed by atoms with Crippen LogP contribution in [0, 0.1) is 11.8 Å². The molecule has 1 aliphatic heterocycles. The number of aliphatic carboxylic acids is 1. The van der Waals surface area contributed by atoms with E-state index in [1.54, 1.807) is 4.90 Å². The van der Waals surface area contributed by atoms with Crippen molar-refractivity contribution in [1.82, 2.24) is 10.2 Å². The maximum Gasteiger partial charge on any atom is 0.317 e. The Morgan fingerprint density at radius 3 is 2.44 bits per heavy atom. The molecule has 0 bridgehead atoms. The van der Waals surface area contributed by atoms with Gasteiger partial charge < -0.3 is 15.3 Å². The number of nitrogens with one attached hydrogen (secondary N) is 1. The summed E-state index contributed by atoms with van der Waals surface area (Å²) in [5.74, 6) is -1.19. The van der Waals surface area contributed by atoms with Crippen LogP contribution in [0.25, 0.3) is 0 Å². The maximum atomic E-state index is 11.8. The molecule has 1 saturated heterocycles. The molecule has 0 aromatic carbocycles. The van der Waals surface area contributed by atoms with Gasteiger partial charge >= 0.3 is 12.0 Å². The van der Waals surface area contributed by atoms with E-state index in [0.29, 0.717) is 13.1 Å². The van der Waals surface area contributed by atoms with Crippen LogP contribution in [0.2, 0.25) is 0 Å². The molecule has 5 heteroatoms. The van der Waals surface area contributed by atoms with Crippen LogP contribution in [0.1, 0.15) is 26.7 Å². The number of carbonyl (C=O) groups excluding carboxylic acids is 1. The van der Waals surface area contributed by atoms with Crippen molar-refractivity contribution >= 4 is 12.0 Å². The molecule has 90 valence electrons. The Hall–Kier alpha value is -1.26. The van der Waals surface area contributed by atoms with Gasteiger partial charge in [0.05, 0.1) is 5.92 Å². The molecule has 0 aromatic heterocycles. The van der Waals surface area contributed by atoms with Crippen LogP contribution < -0.4 is 5.32 Å². The number of hydrogen-bond acceptors (Lipinski definition) is 2. The minimum Gasteiger partial charge on any atom is -0.481 e. The molecule has 2 rings (SSSR count). The third-order valence-corrected chi connectivity index (χ3v) is 3.63. The molecule has 1 aliphatic carbocycles. The van der Waals surface area contributed by atoms with Crippen LogP contribution in [-0.2, 0) is 4.79 Å². The molecule has 5 nitrogen and oxygen atoms in total. The first-order valence-electron chi connectivity index (χ1n) is 5.71. The van der Waals surface area contributed by atoms with E-state index in [9.17, 15) is 9.59 Å². The summed E-state index contributed by atoms with van der Waals surface area (Å²) >= 11 is 0. The minimum atomic E-state index is -0.805. The third-order valence-electron chi connectivity index (χ3n) is 3.63. The molecule has 0 aromatic rings. The summed E-state index contributed by atoms with van der Waals surface area (Å²) in [6.07, 6.45) is 2.04. The molecule has 2 N–H and O–H groups in total. The van der Waals surface area contributed by atoms with E-state index < -0.39 is 11.9 Å². The first kappa shape index (κ1) is 11.2. The standard InChI is InChI=1S/C11H18N2O3/c1-7-5-13(6-8(7)9(14)15)10(16)12-11(2)3-4-11/h7-8H,3-6H2,1-2H3,(H,12,16)(H,14,15)/t7-,8-/m1/s1. The molecule has 16 heavy (non-hydrogen) atoms. The van der Waals surface area contributed by atoms with Crippen molar-refractivity contribution in [2.75, 3.05) is 13.1 Å². The molecule has 2 aliphatic rings. The largest absolute Gasteiger partial charge is 0.481 e. The predicted molar refractivity (Wildman–Crippen MR) is 58.0 cm³/mol. The zero-order chi connectivity index (χ0) is 11.9. The van der Waals surface area contributed by atoms with Crippen molar-refractivity contribution in [2.24, 2.45) is 11.8 Å². The van der Waals surface area contributed by atoms with E-state index in [1.807, 2.05) is 13.8 Å². The molecule has 2 atom stereocenters. The van der Waals surface area contributed by atoms with Gasteiger partial charge in [0.1, 0.15) is 0 Å². The van der Waals surface area contributed by atoms with E-state index in [1.165, 1.54) is 0 Å². The summed E-state index contributed by atoms with van der Waals surface area (Å²) in [7, 11) is 0. The van der Waals surface area contributed by atoms with Gasteiger partial charge in [-0.2, -0.15) is 0 Å². The molecular formula is C11H18N2O3. The van der Waals surface area contributed by atoms with E-state index in [4.69, 9.17) is 5.11 Å². The van der Waals surface area contributed by atoms with E-state index in [2.05, 4.69) is 5.32 Å². The van der Waals surface area contributed by atoms with Crippen molar-refractivity contribution in [2.45, 2.75) is 32.2 Å². The Bertz CT molecular complexity index is 325. The van der Waals surface area contributed by atoms with Crippen molar-refractivity contribution in [3.8, 4) is 0 Å². The molecule has 0 radical (unpaired) electrons. The third kappa shape index (κ3) is 2.13. The van der Waals surface area contributed by atoms with Crippen LogP contribution in [0.3, 0.4) is 0 Å². The van der Waals surface area contributed by atoms with Gasteiger partial charge in [-0.05, 0) is 25.7 Å². The van der Waals surface area contributed by atoms with Crippen LogP contribution in [0.15, 0.2) is 0 Å². The number of carbonyl (C=O) groups is 2. The molecule has 2 fully saturated rings. The maximum absolute atomic E-state index is 11.8. The smallest absolute Gasteiger partial charge is 0.317 e. The second kappa shape index (κ2) is 3.64. The van der Waals surface area contributed by atoms with E-state index in [-0.39, 0.29) is 17.5 Å². The summed E-state index contributed by atoms with van der Waals surface area (Å²) in [5.41, 5.74) is -0.0400. The second-order valence-corrected chi connectivity index (χ2v) is 5.32. The van der Waals surface area contributed by atoms with Crippen LogP contribution in [0.4, 0.5) is 4.79 Å². The Morgan fingerprint density at radius 2 is 2.00 bits per heavy atom. The fourth-order valence-corrected chi connectivity index (χ4v) is 2.10. The Kier molecular flexibility index (Phi) is 2.56. The van der Waals surface area contributed by atoms with Gasteiger partial charge in [0.2, 0.25) is 0 Å². The SMILES string of the molecule is C[C@@H]1CN(C(=O)NC2(C)CC2)C[C@H]1C(=O)O. The lowest BCUT2D eigenvalue weighted by atomic mass is 9.99. The lowest BCUT2D eigenvalue weighted by Gasteiger charge is -2.20. The Labute approximate surface area is 94.8 Å². The van der Waals surface area contributed by atoms with Gasteiger partial charge in [-0.15, -0.1) is 0 Å². The average molecular weight is 226 g/mol. The van der Waals surface area contributed by atoms with Crippen LogP contribution >= 0.6 is 0 Å². The van der Waals surface area contributed by atoms with Gasteiger partial charge in [-0.25, -0.2) is 4.79 Å². The fraction of sp³-hybridized carbons (Fsp3) is 0.818. The van der Waals surface area contributed by atoms with Crippen molar-refractivity contribution in [3.05, 3.63) is 0 Å². The highest BCUT2D eigenvalue weighted by Crippen LogP contribution is 2.35. The Morgan fingerprint density at radius 1 is 1.38 bits per heavy atom. The van der Waals surface area contributed by atoms with Crippen molar-refractivity contribution in [1.29, 1.82) is 0 Å². The summed E-state index contributed by atoms with van der Waals surface area (Å²) < 4.78 is 0. The number of rotatable bonds is 2. The lowest BCUT2D eigenvalue weighted by Crippen LogP contribution is -2.44. The summed E-state index contributed by atoms with van der Waals surface area (Å²) in [4.78, 5) is 24.4. The van der Waals surface area contributed by atoms with Crippen LogP contribution in [-0.4, -0.2) is 40.6 Å². The summed E-state index contributed by atoms with van der Waals surface area (Å²) in [6, 6.07) is -0.115. The highest BCUT2D eigenvalue weighted by molar-refractivity contribution is 5.78. The number of likely N-dealkylation sites (tertiary alicyclic amines) is 1. The van der Waals surface area contributed by atoms with Crippen LogP contribution in [0.5, 0.6) is 0 Å². The topological polar surface area (TPSA) is 69.6 Å². The number of amides is 2. The number of urea groups is 1. The summed E-state index contributed by atoms with van der Waals surface area (Å²) in [5, 5.41) is 11.9. The molecule has 1 saturated carbocycles. The normalized spacial score (nSPS) is 31.2. The van der Waals surface area contributed by atoms with Gasteiger partial charge in [0.25, 0.3) is 0 Å². The highest BCUT2D eigenvalue weighted by Gasteiger charge is 2.42.